The van der Waals surface area contributed by atoms with E-state index in [9.17, 15) is 0 Å². The van der Waals surface area contributed by atoms with Gasteiger partial charge in [0.05, 0.1) is 13.2 Å². The van der Waals surface area contributed by atoms with Crippen molar-refractivity contribution in [3.63, 3.8) is 0 Å². The summed E-state index contributed by atoms with van der Waals surface area (Å²) in [5.41, 5.74) is 0. The summed E-state index contributed by atoms with van der Waals surface area (Å²) in [4.78, 5) is 0. The van der Waals surface area contributed by atoms with E-state index >= 15 is 0 Å². The first-order valence-corrected chi connectivity index (χ1v) is 6.19. The van der Waals surface area contributed by atoms with Crippen LogP contribution >= 0.6 is 0 Å². The number of ether oxygens (including phenoxy) is 2. The SMILES string of the molecule is N=C1CCCCC(=N)OCCCCCCO1. The molecule has 16 heavy (non-hydrogen) atoms. The normalized spacial score (nSPS) is 21.8. The van der Waals surface area contributed by atoms with Crippen LogP contribution in [0.15, 0.2) is 0 Å². The van der Waals surface area contributed by atoms with E-state index in [-0.39, 0.29) is 0 Å². The molecule has 2 N–H and O–H groups in total. The van der Waals surface area contributed by atoms with Gasteiger partial charge in [-0.2, -0.15) is 0 Å². The first kappa shape index (κ1) is 13.0. The lowest BCUT2D eigenvalue weighted by molar-refractivity contribution is 0.260. The molecule has 0 aromatic carbocycles. The Kier molecular flexibility index (Phi) is 6.61. The third kappa shape index (κ3) is 6.43. The van der Waals surface area contributed by atoms with Crippen LogP contribution in [0.2, 0.25) is 0 Å². The maximum atomic E-state index is 7.56. The third-order valence-corrected chi connectivity index (χ3v) is 2.65. The first-order valence-electron chi connectivity index (χ1n) is 6.19. The Labute approximate surface area is 97.3 Å². The molecule has 1 saturated heterocycles. The van der Waals surface area contributed by atoms with Gasteiger partial charge in [0.25, 0.3) is 0 Å². The molecular weight excluding hydrogens is 204 g/mol. The van der Waals surface area contributed by atoms with Crippen molar-refractivity contribution in [2.24, 2.45) is 0 Å². The molecule has 0 aliphatic carbocycles. The Morgan fingerprint density at radius 1 is 0.625 bits per heavy atom. The predicted molar refractivity (Wildman–Crippen MR) is 64.3 cm³/mol. The summed E-state index contributed by atoms with van der Waals surface area (Å²) in [7, 11) is 0. The van der Waals surface area contributed by atoms with Crippen LogP contribution in [0.5, 0.6) is 0 Å². The van der Waals surface area contributed by atoms with Crippen LogP contribution < -0.4 is 0 Å². The van der Waals surface area contributed by atoms with Crippen molar-refractivity contribution in [3.8, 4) is 0 Å². The highest BCUT2D eigenvalue weighted by molar-refractivity contribution is 5.73. The molecule has 92 valence electrons. The Bertz CT molecular complexity index is 205. The Hall–Kier alpha value is -1.06. The molecule has 1 rings (SSSR count). The van der Waals surface area contributed by atoms with Crippen molar-refractivity contribution in [1.29, 1.82) is 10.8 Å². The molecule has 0 saturated carbocycles. The fourth-order valence-electron chi connectivity index (χ4n) is 1.66. The summed E-state index contributed by atoms with van der Waals surface area (Å²) in [6.45, 7) is 1.35. The van der Waals surface area contributed by atoms with Gasteiger partial charge in [0.1, 0.15) is 0 Å². The van der Waals surface area contributed by atoms with Gasteiger partial charge in [-0.05, 0) is 38.5 Å². The van der Waals surface area contributed by atoms with Crippen LogP contribution in [0, 0.1) is 10.8 Å². The molecule has 0 atom stereocenters. The lowest BCUT2D eigenvalue weighted by Gasteiger charge is -2.10. The number of rotatable bonds is 0. The lowest BCUT2D eigenvalue weighted by atomic mass is 10.2. The molecule has 0 spiro atoms. The van der Waals surface area contributed by atoms with Crippen molar-refractivity contribution in [2.75, 3.05) is 13.2 Å². The zero-order valence-corrected chi connectivity index (χ0v) is 9.89. The number of hydrogen-bond donors (Lipinski definition) is 2. The molecule has 0 amide bonds. The van der Waals surface area contributed by atoms with Crippen LogP contribution in [-0.2, 0) is 9.47 Å². The molecule has 0 unspecified atom stereocenters. The standard InChI is InChI=1S/C12H22N2O2/c13-11-7-3-4-8-12(14)16-10-6-2-1-5-9-15-11/h13-14H,1-10H2. The molecule has 0 radical (unpaired) electrons. The maximum Gasteiger partial charge on any atom is 0.180 e. The van der Waals surface area contributed by atoms with Gasteiger partial charge in [-0.15, -0.1) is 0 Å². The fourth-order valence-corrected chi connectivity index (χ4v) is 1.66. The van der Waals surface area contributed by atoms with Crippen LogP contribution in [0.25, 0.3) is 0 Å². The van der Waals surface area contributed by atoms with Gasteiger partial charge >= 0.3 is 0 Å². The molecular formula is C12H22N2O2. The monoisotopic (exact) mass is 226 g/mol. The van der Waals surface area contributed by atoms with Crippen LogP contribution in [0.1, 0.15) is 51.4 Å². The second-order valence-electron chi connectivity index (χ2n) is 4.16. The minimum Gasteiger partial charge on any atom is -0.481 e. The third-order valence-electron chi connectivity index (χ3n) is 2.65. The average Bonchev–Trinajstić information content (AvgIpc) is 2.27. The van der Waals surface area contributed by atoms with Crippen LogP contribution in [0.4, 0.5) is 0 Å². The van der Waals surface area contributed by atoms with E-state index < -0.39 is 0 Å². The Morgan fingerprint density at radius 2 is 1.06 bits per heavy atom. The van der Waals surface area contributed by atoms with E-state index in [1.807, 2.05) is 0 Å². The van der Waals surface area contributed by atoms with Gasteiger partial charge in [0.2, 0.25) is 0 Å². The van der Waals surface area contributed by atoms with Crippen LogP contribution in [-0.4, -0.2) is 25.0 Å². The minimum atomic E-state index is 0.393. The van der Waals surface area contributed by atoms with Gasteiger partial charge < -0.3 is 9.47 Å². The molecule has 0 bridgehead atoms. The summed E-state index contributed by atoms with van der Waals surface area (Å²) in [6.07, 6.45) is 7.45. The van der Waals surface area contributed by atoms with E-state index in [0.717, 1.165) is 38.5 Å². The van der Waals surface area contributed by atoms with Gasteiger partial charge in [-0.3, -0.25) is 10.8 Å². The van der Waals surface area contributed by atoms with Crippen molar-refractivity contribution in [1.82, 2.24) is 0 Å². The summed E-state index contributed by atoms with van der Waals surface area (Å²) < 4.78 is 10.6. The minimum absolute atomic E-state index is 0.393. The summed E-state index contributed by atoms with van der Waals surface area (Å²) in [5.74, 6) is 0.786. The molecule has 1 aliphatic rings. The second-order valence-corrected chi connectivity index (χ2v) is 4.16. The Balaban J connectivity index is 2.24. The van der Waals surface area contributed by atoms with Crippen molar-refractivity contribution in [3.05, 3.63) is 0 Å². The topological polar surface area (TPSA) is 66.2 Å². The van der Waals surface area contributed by atoms with E-state index in [4.69, 9.17) is 20.3 Å². The number of hydrogen-bond acceptors (Lipinski definition) is 4. The number of nitrogens with one attached hydrogen (secondary N) is 2. The molecule has 0 aromatic rings. The van der Waals surface area contributed by atoms with Crippen molar-refractivity contribution < 1.29 is 9.47 Å². The smallest absolute Gasteiger partial charge is 0.180 e. The van der Waals surface area contributed by atoms with Crippen molar-refractivity contribution >= 4 is 11.8 Å². The first-order chi connectivity index (χ1) is 7.79. The van der Waals surface area contributed by atoms with E-state index in [2.05, 4.69) is 0 Å². The molecule has 4 heteroatoms. The molecule has 0 aromatic heterocycles. The van der Waals surface area contributed by atoms with Gasteiger partial charge in [-0.25, -0.2) is 0 Å². The zero-order valence-electron chi connectivity index (χ0n) is 9.89. The molecule has 1 heterocycles. The fraction of sp³-hybridized carbons (Fsp3) is 0.833. The average molecular weight is 226 g/mol. The summed E-state index contributed by atoms with van der Waals surface area (Å²) >= 11 is 0. The lowest BCUT2D eigenvalue weighted by Crippen LogP contribution is -2.08. The highest BCUT2D eigenvalue weighted by Crippen LogP contribution is 2.07. The predicted octanol–water partition coefficient (Wildman–Crippen LogP) is 3.11. The van der Waals surface area contributed by atoms with Gasteiger partial charge in [0.15, 0.2) is 11.8 Å². The molecule has 1 aliphatic heterocycles. The largest absolute Gasteiger partial charge is 0.481 e. The highest BCUT2D eigenvalue weighted by Gasteiger charge is 2.03. The van der Waals surface area contributed by atoms with Gasteiger partial charge in [-0.1, -0.05) is 0 Å². The van der Waals surface area contributed by atoms with Crippen LogP contribution in [0.3, 0.4) is 0 Å². The highest BCUT2D eigenvalue weighted by atomic mass is 16.5. The van der Waals surface area contributed by atoms with E-state index in [1.54, 1.807) is 0 Å². The van der Waals surface area contributed by atoms with E-state index in [1.165, 1.54) is 0 Å². The quantitative estimate of drug-likeness (QED) is 0.666. The summed E-state index contributed by atoms with van der Waals surface area (Å²) in [5, 5.41) is 15.1. The summed E-state index contributed by atoms with van der Waals surface area (Å²) in [6, 6.07) is 0. The van der Waals surface area contributed by atoms with E-state index in [0.29, 0.717) is 37.9 Å². The maximum absolute atomic E-state index is 7.56. The Morgan fingerprint density at radius 3 is 1.50 bits per heavy atom. The zero-order chi connectivity index (χ0) is 11.6. The van der Waals surface area contributed by atoms with Gasteiger partial charge in [0, 0.05) is 12.8 Å². The molecule has 1 fully saturated rings. The molecule has 4 nitrogen and oxygen atoms in total. The second kappa shape index (κ2) is 8.13. The van der Waals surface area contributed by atoms with Crippen molar-refractivity contribution in [2.45, 2.75) is 51.4 Å².